The van der Waals surface area contributed by atoms with E-state index in [4.69, 9.17) is 4.52 Å². The third kappa shape index (κ3) is 4.15. The molecule has 2 rings (SSSR count). The van der Waals surface area contributed by atoms with E-state index in [-0.39, 0.29) is 18.0 Å². The Morgan fingerprint density at radius 2 is 1.88 bits per heavy atom. The number of benzene rings is 1. The lowest BCUT2D eigenvalue weighted by Crippen LogP contribution is -2.35. The molecule has 1 unspecified atom stereocenters. The minimum Gasteiger partial charge on any atom is -0.361 e. The fourth-order valence-electron chi connectivity index (χ4n) is 2.78. The summed E-state index contributed by atoms with van der Waals surface area (Å²) in [6.45, 7) is 4.59. The van der Waals surface area contributed by atoms with Crippen LogP contribution in [0.25, 0.3) is 0 Å². The Morgan fingerprint density at radius 1 is 1.25 bits per heavy atom. The second-order valence-electron chi connectivity index (χ2n) is 5.71. The molecule has 7 heteroatoms. The topological polar surface area (TPSA) is 46.3 Å². The van der Waals surface area contributed by atoms with Crippen molar-refractivity contribution in [1.82, 2.24) is 5.16 Å². The summed E-state index contributed by atoms with van der Waals surface area (Å²) in [4.78, 5) is 13.5. The zero-order chi connectivity index (χ0) is 17.9. The first-order valence-electron chi connectivity index (χ1n) is 7.56. The van der Waals surface area contributed by atoms with E-state index in [9.17, 15) is 18.0 Å². The van der Waals surface area contributed by atoms with Crippen LogP contribution in [0.3, 0.4) is 0 Å². The van der Waals surface area contributed by atoms with Crippen molar-refractivity contribution >= 4 is 11.6 Å². The van der Waals surface area contributed by atoms with E-state index in [1.165, 1.54) is 12.1 Å². The van der Waals surface area contributed by atoms with Gasteiger partial charge < -0.3 is 9.42 Å². The van der Waals surface area contributed by atoms with Gasteiger partial charge in [-0.2, -0.15) is 0 Å². The van der Waals surface area contributed by atoms with E-state index in [2.05, 4.69) is 5.16 Å². The predicted molar refractivity (Wildman–Crippen MR) is 83.8 cm³/mol. The quantitative estimate of drug-likeness (QED) is 0.791. The SMILES string of the molecule is Cc1noc(C)c1C(C)CC(=O)N(CC(F)F)c1ccc(F)cc1. The Hall–Kier alpha value is -2.31. The molecule has 1 heterocycles. The highest BCUT2D eigenvalue weighted by Crippen LogP contribution is 2.28. The standard InChI is InChI=1S/C17H19F3N2O2/c1-10(17-11(2)21-24-12(17)3)8-16(23)22(9-15(19)20)14-6-4-13(18)5-7-14/h4-7,10,15H,8-9H2,1-3H3. The summed E-state index contributed by atoms with van der Waals surface area (Å²) in [7, 11) is 0. The Balaban J connectivity index is 2.20. The molecule has 0 saturated carbocycles. The van der Waals surface area contributed by atoms with Crippen molar-refractivity contribution < 1.29 is 22.5 Å². The van der Waals surface area contributed by atoms with E-state index >= 15 is 0 Å². The van der Waals surface area contributed by atoms with Crippen LogP contribution < -0.4 is 4.90 Å². The zero-order valence-corrected chi connectivity index (χ0v) is 13.7. The summed E-state index contributed by atoms with van der Waals surface area (Å²) in [5.74, 6) is -0.582. The maximum absolute atomic E-state index is 13.0. The first kappa shape index (κ1) is 18.0. The first-order chi connectivity index (χ1) is 11.3. The van der Waals surface area contributed by atoms with Crippen LogP contribution in [-0.4, -0.2) is 24.0 Å². The number of nitrogens with zero attached hydrogens (tertiary/aromatic N) is 2. The van der Waals surface area contributed by atoms with Crippen molar-refractivity contribution in [3.05, 3.63) is 47.1 Å². The van der Waals surface area contributed by atoms with Crippen LogP contribution in [0, 0.1) is 19.7 Å². The van der Waals surface area contributed by atoms with Gasteiger partial charge in [0.1, 0.15) is 11.6 Å². The van der Waals surface area contributed by atoms with Crippen LogP contribution in [0.15, 0.2) is 28.8 Å². The molecule has 0 fully saturated rings. The van der Waals surface area contributed by atoms with E-state index < -0.39 is 24.7 Å². The van der Waals surface area contributed by atoms with Crippen molar-refractivity contribution in [2.75, 3.05) is 11.4 Å². The van der Waals surface area contributed by atoms with E-state index in [1.54, 1.807) is 13.8 Å². The van der Waals surface area contributed by atoms with Gasteiger partial charge in [-0.3, -0.25) is 4.79 Å². The molecule has 0 aliphatic carbocycles. The summed E-state index contributed by atoms with van der Waals surface area (Å²) in [5, 5.41) is 3.84. The molecule has 0 spiro atoms. The first-order valence-corrected chi connectivity index (χ1v) is 7.56. The van der Waals surface area contributed by atoms with Crippen molar-refractivity contribution in [2.45, 2.75) is 39.5 Å². The lowest BCUT2D eigenvalue weighted by molar-refractivity contribution is -0.119. The summed E-state index contributed by atoms with van der Waals surface area (Å²) in [6.07, 6.45) is -2.67. The fraction of sp³-hybridized carbons (Fsp3) is 0.412. The van der Waals surface area contributed by atoms with E-state index in [0.717, 1.165) is 22.6 Å². The highest BCUT2D eigenvalue weighted by molar-refractivity contribution is 5.93. The van der Waals surface area contributed by atoms with Crippen LogP contribution in [0.1, 0.15) is 36.3 Å². The highest BCUT2D eigenvalue weighted by atomic mass is 19.3. The van der Waals surface area contributed by atoms with Gasteiger partial charge in [0.15, 0.2) is 0 Å². The average Bonchev–Trinajstić information content (AvgIpc) is 2.84. The molecule has 4 nitrogen and oxygen atoms in total. The monoisotopic (exact) mass is 340 g/mol. The number of rotatable bonds is 6. The van der Waals surface area contributed by atoms with Gasteiger partial charge in [0.25, 0.3) is 6.43 Å². The number of anilines is 1. The summed E-state index contributed by atoms with van der Waals surface area (Å²) in [6, 6.07) is 4.91. The van der Waals surface area contributed by atoms with Crippen molar-refractivity contribution in [3.8, 4) is 0 Å². The molecule has 1 atom stereocenters. The number of carbonyl (C=O) groups excluding carboxylic acids is 1. The van der Waals surface area contributed by atoms with Crippen molar-refractivity contribution in [3.63, 3.8) is 0 Å². The maximum atomic E-state index is 13.0. The number of aryl methyl sites for hydroxylation is 2. The molecule has 0 aliphatic heterocycles. The molecule has 1 aromatic carbocycles. The molecule has 130 valence electrons. The second kappa shape index (κ2) is 7.51. The molecule has 2 aromatic rings. The number of hydrogen-bond donors (Lipinski definition) is 0. The van der Waals surface area contributed by atoms with Crippen LogP contribution in [0.4, 0.5) is 18.9 Å². The molecule has 24 heavy (non-hydrogen) atoms. The Morgan fingerprint density at radius 3 is 2.38 bits per heavy atom. The fourth-order valence-corrected chi connectivity index (χ4v) is 2.78. The number of carbonyl (C=O) groups is 1. The van der Waals surface area contributed by atoms with Gasteiger partial charge in [0, 0.05) is 17.7 Å². The van der Waals surface area contributed by atoms with Gasteiger partial charge in [-0.25, -0.2) is 13.2 Å². The Labute approximate surface area is 138 Å². The third-order valence-electron chi connectivity index (χ3n) is 3.82. The van der Waals surface area contributed by atoms with Gasteiger partial charge in [0.2, 0.25) is 5.91 Å². The Kier molecular flexibility index (Phi) is 5.64. The van der Waals surface area contributed by atoms with Gasteiger partial charge in [-0.15, -0.1) is 0 Å². The van der Waals surface area contributed by atoms with E-state index in [1.807, 2.05) is 6.92 Å². The van der Waals surface area contributed by atoms with Gasteiger partial charge in [0.05, 0.1) is 12.2 Å². The summed E-state index contributed by atoms with van der Waals surface area (Å²) < 4.78 is 43.8. The number of amides is 1. The van der Waals surface area contributed by atoms with E-state index in [0.29, 0.717) is 11.5 Å². The maximum Gasteiger partial charge on any atom is 0.256 e. The van der Waals surface area contributed by atoms with Crippen molar-refractivity contribution in [1.29, 1.82) is 0 Å². The van der Waals surface area contributed by atoms with Gasteiger partial charge in [-0.1, -0.05) is 12.1 Å². The smallest absolute Gasteiger partial charge is 0.256 e. The molecule has 0 radical (unpaired) electrons. The Bertz CT molecular complexity index is 679. The second-order valence-corrected chi connectivity index (χ2v) is 5.71. The molecular weight excluding hydrogens is 321 g/mol. The molecule has 1 aromatic heterocycles. The number of halogens is 3. The lowest BCUT2D eigenvalue weighted by atomic mass is 9.95. The minimum absolute atomic E-state index is 0.0208. The van der Waals surface area contributed by atoms with Crippen LogP contribution in [-0.2, 0) is 4.79 Å². The molecule has 0 N–H and O–H groups in total. The van der Waals surface area contributed by atoms with Gasteiger partial charge >= 0.3 is 0 Å². The summed E-state index contributed by atoms with van der Waals surface area (Å²) >= 11 is 0. The molecule has 1 amide bonds. The molecular formula is C17H19F3N2O2. The highest BCUT2D eigenvalue weighted by Gasteiger charge is 2.25. The molecule has 0 bridgehead atoms. The minimum atomic E-state index is -2.69. The number of alkyl halides is 2. The predicted octanol–water partition coefficient (Wildman–Crippen LogP) is 4.22. The average molecular weight is 340 g/mol. The van der Waals surface area contributed by atoms with Crippen molar-refractivity contribution in [2.24, 2.45) is 0 Å². The largest absolute Gasteiger partial charge is 0.361 e. The van der Waals surface area contributed by atoms with Crippen LogP contribution in [0.5, 0.6) is 0 Å². The number of aromatic nitrogens is 1. The zero-order valence-electron chi connectivity index (χ0n) is 13.7. The normalized spacial score (nSPS) is 12.5. The molecule has 0 saturated heterocycles. The third-order valence-corrected chi connectivity index (χ3v) is 3.82. The van der Waals surface area contributed by atoms with Gasteiger partial charge in [-0.05, 0) is 44.0 Å². The lowest BCUT2D eigenvalue weighted by Gasteiger charge is -2.24. The van der Waals surface area contributed by atoms with Crippen LogP contribution >= 0.6 is 0 Å². The van der Waals surface area contributed by atoms with Crippen LogP contribution in [0.2, 0.25) is 0 Å². The summed E-state index contributed by atoms with van der Waals surface area (Å²) in [5.41, 5.74) is 1.72. The molecule has 0 aliphatic rings. The number of hydrogen-bond acceptors (Lipinski definition) is 3.